The zero-order valence-corrected chi connectivity index (χ0v) is 11.1. The van der Waals surface area contributed by atoms with Gasteiger partial charge >= 0.3 is 0 Å². The van der Waals surface area contributed by atoms with Crippen molar-refractivity contribution in [3.8, 4) is 0 Å². The van der Waals surface area contributed by atoms with E-state index in [2.05, 4.69) is 49.6 Å². The van der Waals surface area contributed by atoms with Gasteiger partial charge in [-0.2, -0.15) is 4.58 Å². The minimum absolute atomic E-state index is 0.719. The molecule has 1 aliphatic rings. The van der Waals surface area contributed by atoms with Crippen LogP contribution in [0.5, 0.6) is 0 Å². The van der Waals surface area contributed by atoms with Crippen molar-refractivity contribution < 1.29 is 9.31 Å². The maximum absolute atomic E-state index is 5.68. The summed E-state index contributed by atoms with van der Waals surface area (Å²) in [7, 11) is 0. The van der Waals surface area contributed by atoms with E-state index in [1.165, 1.54) is 22.5 Å². The van der Waals surface area contributed by atoms with Gasteiger partial charge in [0.25, 0.3) is 0 Å². The molecule has 0 spiro atoms. The molecule has 90 valence electrons. The lowest BCUT2D eigenvalue weighted by molar-refractivity contribution is -0.432. The van der Waals surface area contributed by atoms with Crippen molar-refractivity contribution >= 4 is 17.0 Å². The molecule has 2 heteroatoms. The van der Waals surface area contributed by atoms with Crippen LogP contribution in [-0.4, -0.2) is 23.4 Å². The maximum Gasteiger partial charge on any atom is 0.213 e. The van der Waals surface area contributed by atoms with Crippen molar-refractivity contribution in [2.45, 2.75) is 27.7 Å². The van der Waals surface area contributed by atoms with Gasteiger partial charge < -0.3 is 4.74 Å². The van der Waals surface area contributed by atoms with Gasteiger partial charge in [-0.25, -0.2) is 0 Å². The summed E-state index contributed by atoms with van der Waals surface area (Å²) < 4.78 is 8.02. The van der Waals surface area contributed by atoms with Crippen molar-refractivity contribution in [3.05, 3.63) is 35.6 Å². The standard InChI is InChI=1S/C15H20NO/c1-5-16-11(3)15(12(4)17-6-2)13-9-7-8-10-14(13)16/h7-10H,5-6H2,1-4H3/q+1/b15-12-. The van der Waals surface area contributed by atoms with Crippen molar-refractivity contribution in [2.75, 3.05) is 13.2 Å². The Hall–Kier alpha value is -1.57. The molecule has 0 aromatic heterocycles. The number of rotatable bonds is 3. The van der Waals surface area contributed by atoms with E-state index in [1.807, 2.05) is 6.92 Å². The van der Waals surface area contributed by atoms with Crippen LogP contribution in [0.1, 0.15) is 33.3 Å². The van der Waals surface area contributed by atoms with Gasteiger partial charge in [-0.3, -0.25) is 0 Å². The molecule has 0 fully saturated rings. The molecule has 0 radical (unpaired) electrons. The second-order valence-electron chi connectivity index (χ2n) is 4.21. The maximum atomic E-state index is 5.68. The van der Waals surface area contributed by atoms with Gasteiger partial charge in [0.1, 0.15) is 12.3 Å². The highest BCUT2D eigenvalue weighted by atomic mass is 16.5. The van der Waals surface area contributed by atoms with E-state index in [0.29, 0.717) is 0 Å². The monoisotopic (exact) mass is 230 g/mol. The van der Waals surface area contributed by atoms with Crippen LogP contribution in [0.25, 0.3) is 5.57 Å². The topological polar surface area (TPSA) is 12.2 Å². The van der Waals surface area contributed by atoms with E-state index in [9.17, 15) is 0 Å². The molecule has 1 aromatic carbocycles. The molecule has 1 aromatic rings. The molecule has 0 amide bonds. The molecule has 17 heavy (non-hydrogen) atoms. The Morgan fingerprint density at radius 2 is 1.94 bits per heavy atom. The fourth-order valence-corrected chi connectivity index (χ4v) is 2.57. The average Bonchev–Trinajstić information content (AvgIpc) is 2.61. The second-order valence-corrected chi connectivity index (χ2v) is 4.21. The Morgan fingerprint density at radius 3 is 2.59 bits per heavy atom. The Morgan fingerprint density at radius 1 is 1.24 bits per heavy atom. The van der Waals surface area contributed by atoms with Crippen LogP contribution in [-0.2, 0) is 4.74 Å². The zero-order valence-electron chi connectivity index (χ0n) is 11.1. The molecule has 0 unspecified atom stereocenters. The van der Waals surface area contributed by atoms with Crippen molar-refractivity contribution in [1.29, 1.82) is 0 Å². The Kier molecular flexibility index (Phi) is 3.32. The van der Waals surface area contributed by atoms with Crippen molar-refractivity contribution in [1.82, 2.24) is 0 Å². The van der Waals surface area contributed by atoms with Gasteiger partial charge in [0.15, 0.2) is 5.71 Å². The first-order valence-corrected chi connectivity index (χ1v) is 6.25. The van der Waals surface area contributed by atoms with Crippen LogP contribution >= 0.6 is 0 Å². The number of hydrogen-bond acceptors (Lipinski definition) is 1. The molecular weight excluding hydrogens is 210 g/mol. The van der Waals surface area contributed by atoms with Crippen LogP contribution in [0.2, 0.25) is 0 Å². The van der Waals surface area contributed by atoms with Gasteiger partial charge in [0.2, 0.25) is 5.69 Å². The van der Waals surface area contributed by atoms with E-state index in [1.54, 1.807) is 0 Å². The number of allylic oxidation sites excluding steroid dienone is 2. The van der Waals surface area contributed by atoms with Crippen LogP contribution in [0, 0.1) is 0 Å². The Balaban J connectivity index is 2.63. The quantitative estimate of drug-likeness (QED) is 0.571. The summed E-state index contributed by atoms with van der Waals surface area (Å²) in [6, 6.07) is 8.53. The third kappa shape index (κ3) is 1.88. The highest BCUT2D eigenvalue weighted by Crippen LogP contribution is 2.35. The fraction of sp³-hybridized carbons (Fsp3) is 0.400. The molecule has 1 aliphatic heterocycles. The lowest BCUT2D eigenvalue weighted by Crippen LogP contribution is -2.09. The first-order chi connectivity index (χ1) is 8.20. The predicted molar refractivity (Wildman–Crippen MR) is 71.8 cm³/mol. The number of nitrogens with zero attached hydrogens (tertiary/aromatic N) is 1. The summed E-state index contributed by atoms with van der Waals surface area (Å²) in [5, 5.41) is 0. The zero-order chi connectivity index (χ0) is 12.4. The number of fused-ring (bicyclic) bond motifs is 1. The van der Waals surface area contributed by atoms with E-state index >= 15 is 0 Å². The third-order valence-electron chi connectivity index (χ3n) is 3.26. The SMILES string of the molecule is CCO/C(C)=C1/C(C)=[N+](CC)c2ccccc21. The van der Waals surface area contributed by atoms with Gasteiger partial charge in [-0.1, -0.05) is 12.1 Å². The normalized spacial score (nSPS) is 17.2. The van der Waals surface area contributed by atoms with Crippen LogP contribution in [0.3, 0.4) is 0 Å². The molecule has 0 saturated carbocycles. The average molecular weight is 230 g/mol. The molecule has 1 heterocycles. The van der Waals surface area contributed by atoms with Gasteiger partial charge in [0.05, 0.1) is 17.7 Å². The van der Waals surface area contributed by atoms with Crippen molar-refractivity contribution in [3.63, 3.8) is 0 Å². The largest absolute Gasteiger partial charge is 0.498 e. The van der Waals surface area contributed by atoms with E-state index in [-0.39, 0.29) is 0 Å². The summed E-state index contributed by atoms with van der Waals surface area (Å²) >= 11 is 0. The molecule has 2 nitrogen and oxygen atoms in total. The number of ether oxygens (including phenoxy) is 1. The van der Waals surface area contributed by atoms with E-state index in [0.717, 1.165) is 18.9 Å². The summed E-state index contributed by atoms with van der Waals surface area (Å²) in [6.07, 6.45) is 0. The summed E-state index contributed by atoms with van der Waals surface area (Å²) in [6.45, 7) is 10.1. The first-order valence-electron chi connectivity index (χ1n) is 6.25. The van der Waals surface area contributed by atoms with Crippen LogP contribution < -0.4 is 0 Å². The molecule has 0 atom stereocenters. The summed E-state index contributed by atoms with van der Waals surface area (Å²) in [4.78, 5) is 0. The molecule has 0 bridgehead atoms. The van der Waals surface area contributed by atoms with Crippen LogP contribution in [0.4, 0.5) is 5.69 Å². The number of benzene rings is 1. The predicted octanol–water partition coefficient (Wildman–Crippen LogP) is 3.59. The molecule has 0 aliphatic carbocycles. The van der Waals surface area contributed by atoms with Gasteiger partial charge in [-0.15, -0.1) is 0 Å². The minimum atomic E-state index is 0.719. The molecule has 2 rings (SSSR count). The van der Waals surface area contributed by atoms with E-state index < -0.39 is 0 Å². The van der Waals surface area contributed by atoms with Crippen LogP contribution in [0.15, 0.2) is 30.0 Å². The highest BCUT2D eigenvalue weighted by molar-refractivity contribution is 6.24. The smallest absolute Gasteiger partial charge is 0.213 e. The fourth-order valence-electron chi connectivity index (χ4n) is 2.57. The van der Waals surface area contributed by atoms with Crippen molar-refractivity contribution in [2.24, 2.45) is 0 Å². The molecular formula is C15H20NO+. The number of para-hydroxylation sites is 1. The molecule has 0 saturated heterocycles. The lowest BCUT2D eigenvalue weighted by Gasteiger charge is -2.05. The Bertz CT molecular complexity index is 497. The third-order valence-corrected chi connectivity index (χ3v) is 3.26. The van der Waals surface area contributed by atoms with Gasteiger partial charge in [0, 0.05) is 13.0 Å². The van der Waals surface area contributed by atoms with Gasteiger partial charge in [-0.05, 0) is 26.8 Å². The summed E-state index contributed by atoms with van der Waals surface area (Å²) in [5.74, 6) is 1.02. The minimum Gasteiger partial charge on any atom is -0.498 e. The highest BCUT2D eigenvalue weighted by Gasteiger charge is 2.32. The Labute approximate surface area is 103 Å². The van der Waals surface area contributed by atoms with E-state index in [4.69, 9.17) is 4.74 Å². The first kappa shape index (κ1) is 11.9. The number of hydrogen-bond donors (Lipinski definition) is 0. The summed E-state index contributed by atoms with van der Waals surface area (Å²) in [5.41, 5.74) is 5.13. The molecule has 0 N–H and O–H groups in total. The second kappa shape index (κ2) is 4.74. The lowest BCUT2D eigenvalue weighted by atomic mass is 10.0.